The lowest BCUT2D eigenvalue weighted by Gasteiger charge is -2.12. The highest BCUT2D eigenvalue weighted by Gasteiger charge is 2.05. The van der Waals surface area contributed by atoms with Gasteiger partial charge in [0.15, 0.2) is 11.6 Å². The summed E-state index contributed by atoms with van der Waals surface area (Å²) in [5.41, 5.74) is 3.24. The van der Waals surface area contributed by atoms with E-state index in [0.717, 1.165) is 54.7 Å². The summed E-state index contributed by atoms with van der Waals surface area (Å²) in [6.07, 6.45) is 3.64. The number of hydrogen-bond donors (Lipinski definition) is 2. The van der Waals surface area contributed by atoms with E-state index in [1.165, 1.54) is 5.56 Å². The molecule has 0 spiro atoms. The maximum Gasteiger partial charge on any atom is 0.191 e. The first-order valence-corrected chi connectivity index (χ1v) is 9.08. The summed E-state index contributed by atoms with van der Waals surface area (Å²) in [7, 11) is 3.48. The number of fused-ring (bicyclic) bond motifs is 1. The van der Waals surface area contributed by atoms with E-state index in [9.17, 15) is 0 Å². The summed E-state index contributed by atoms with van der Waals surface area (Å²) < 4.78 is 7.39. The standard InChI is InChI=1S/C20H26N6O.HI/c1-15-7-8-16(14-17(15)27-3)9-11-22-20(21-2)23-12-10-19-25-24-18-6-4-5-13-26(18)19;/h4-8,13-14H,9-12H2,1-3H3,(H2,21,22,23);1H. The Bertz CT molecular complexity index is 924. The fourth-order valence-electron chi connectivity index (χ4n) is 2.92. The highest BCUT2D eigenvalue weighted by molar-refractivity contribution is 14.0. The van der Waals surface area contributed by atoms with Crippen molar-refractivity contribution < 1.29 is 4.74 Å². The van der Waals surface area contributed by atoms with Crippen LogP contribution in [0, 0.1) is 6.92 Å². The Labute approximate surface area is 182 Å². The molecule has 0 atom stereocenters. The summed E-state index contributed by atoms with van der Waals surface area (Å²) >= 11 is 0. The van der Waals surface area contributed by atoms with Gasteiger partial charge in [-0.1, -0.05) is 18.2 Å². The summed E-state index contributed by atoms with van der Waals surface area (Å²) in [4.78, 5) is 4.28. The lowest BCUT2D eigenvalue weighted by Crippen LogP contribution is -2.39. The average Bonchev–Trinajstić information content (AvgIpc) is 3.11. The molecule has 1 aromatic carbocycles. The quantitative estimate of drug-likeness (QED) is 0.300. The molecule has 0 saturated carbocycles. The molecule has 0 aliphatic carbocycles. The lowest BCUT2D eigenvalue weighted by atomic mass is 10.1. The number of hydrogen-bond acceptors (Lipinski definition) is 4. The van der Waals surface area contributed by atoms with Crippen LogP contribution in [0.15, 0.2) is 47.6 Å². The average molecular weight is 494 g/mol. The number of aryl methyl sites for hydroxylation is 1. The Hall–Kier alpha value is -2.36. The molecular weight excluding hydrogens is 467 g/mol. The summed E-state index contributed by atoms with van der Waals surface area (Å²) in [5.74, 6) is 2.64. The molecule has 0 saturated heterocycles. The molecular formula is C20H27IN6O. The van der Waals surface area contributed by atoms with E-state index in [1.807, 2.05) is 35.7 Å². The summed E-state index contributed by atoms with van der Waals surface area (Å²) in [5, 5.41) is 15.1. The molecule has 0 bridgehead atoms. The van der Waals surface area contributed by atoms with E-state index in [-0.39, 0.29) is 24.0 Å². The Morgan fingerprint density at radius 2 is 1.89 bits per heavy atom. The van der Waals surface area contributed by atoms with Crippen molar-refractivity contribution in [2.24, 2.45) is 4.99 Å². The summed E-state index contributed by atoms with van der Waals surface area (Å²) in [6, 6.07) is 12.2. The number of halogens is 1. The van der Waals surface area contributed by atoms with Gasteiger partial charge in [0.1, 0.15) is 11.6 Å². The van der Waals surface area contributed by atoms with Gasteiger partial charge in [0, 0.05) is 32.8 Å². The van der Waals surface area contributed by atoms with Gasteiger partial charge in [-0.15, -0.1) is 34.2 Å². The van der Waals surface area contributed by atoms with Gasteiger partial charge in [-0.25, -0.2) is 0 Å². The van der Waals surface area contributed by atoms with E-state index in [2.05, 4.69) is 44.0 Å². The number of benzene rings is 1. The molecule has 0 fully saturated rings. The predicted octanol–water partition coefficient (Wildman–Crippen LogP) is 2.61. The fraction of sp³-hybridized carbons (Fsp3) is 0.350. The van der Waals surface area contributed by atoms with E-state index >= 15 is 0 Å². The zero-order valence-corrected chi connectivity index (χ0v) is 18.8. The Morgan fingerprint density at radius 1 is 1.11 bits per heavy atom. The van der Waals surface area contributed by atoms with Gasteiger partial charge in [0.2, 0.25) is 0 Å². The normalized spacial score (nSPS) is 11.2. The van der Waals surface area contributed by atoms with Crippen LogP contribution in [0.2, 0.25) is 0 Å². The number of nitrogens with zero attached hydrogens (tertiary/aromatic N) is 4. The minimum atomic E-state index is 0. The van der Waals surface area contributed by atoms with Crippen LogP contribution in [-0.2, 0) is 12.8 Å². The number of ether oxygens (including phenoxy) is 1. The topological polar surface area (TPSA) is 75.8 Å². The van der Waals surface area contributed by atoms with E-state index in [4.69, 9.17) is 4.74 Å². The van der Waals surface area contributed by atoms with Crippen molar-refractivity contribution in [3.05, 3.63) is 59.5 Å². The lowest BCUT2D eigenvalue weighted by molar-refractivity contribution is 0.411. The highest BCUT2D eigenvalue weighted by atomic mass is 127. The highest BCUT2D eigenvalue weighted by Crippen LogP contribution is 2.18. The largest absolute Gasteiger partial charge is 0.496 e. The minimum Gasteiger partial charge on any atom is -0.496 e. The van der Waals surface area contributed by atoms with Gasteiger partial charge in [-0.2, -0.15) is 0 Å². The van der Waals surface area contributed by atoms with Crippen LogP contribution in [0.5, 0.6) is 5.75 Å². The molecule has 2 aromatic heterocycles. The molecule has 0 radical (unpaired) electrons. The zero-order valence-electron chi connectivity index (χ0n) is 16.5. The Kier molecular flexibility index (Phi) is 8.49. The molecule has 0 unspecified atom stereocenters. The van der Waals surface area contributed by atoms with Crippen LogP contribution in [-0.4, -0.2) is 47.8 Å². The first-order chi connectivity index (χ1) is 13.2. The molecule has 2 N–H and O–H groups in total. The van der Waals surface area contributed by atoms with Gasteiger partial charge < -0.3 is 15.4 Å². The monoisotopic (exact) mass is 494 g/mol. The molecule has 3 aromatic rings. The Balaban J connectivity index is 0.00000280. The molecule has 3 rings (SSSR count). The SMILES string of the molecule is CN=C(NCCc1ccc(C)c(OC)c1)NCCc1nnc2ccccn12.I. The molecule has 0 aliphatic heterocycles. The zero-order chi connectivity index (χ0) is 19.1. The van der Waals surface area contributed by atoms with Crippen LogP contribution >= 0.6 is 24.0 Å². The molecule has 7 nitrogen and oxygen atoms in total. The minimum absolute atomic E-state index is 0. The smallest absolute Gasteiger partial charge is 0.191 e. The summed E-state index contributed by atoms with van der Waals surface area (Å²) in [6.45, 7) is 3.57. The molecule has 0 amide bonds. The first-order valence-electron chi connectivity index (χ1n) is 9.08. The number of pyridine rings is 1. The van der Waals surface area contributed by atoms with Crippen molar-refractivity contribution in [2.75, 3.05) is 27.2 Å². The third-order valence-electron chi connectivity index (χ3n) is 4.43. The third-order valence-corrected chi connectivity index (χ3v) is 4.43. The second-order valence-electron chi connectivity index (χ2n) is 6.27. The van der Waals surface area contributed by atoms with Crippen LogP contribution in [0.1, 0.15) is 17.0 Å². The van der Waals surface area contributed by atoms with Crippen molar-refractivity contribution in [3.63, 3.8) is 0 Å². The van der Waals surface area contributed by atoms with E-state index in [0.29, 0.717) is 0 Å². The molecule has 28 heavy (non-hydrogen) atoms. The molecule has 0 aliphatic rings. The van der Waals surface area contributed by atoms with Gasteiger partial charge in [-0.05, 0) is 42.7 Å². The van der Waals surface area contributed by atoms with E-state index in [1.54, 1.807) is 14.2 Å². The van der Waals surface area contributed by atoms with Gasteiger partial charge in [-0.3, -0.25) is 9.39 Å². The molecule has 150 valence electrons. The number of aliphatic imine (C=N–C) groups is 1. The van der Waals surface area contributed by atoms with Crippen LogP contribution in [0.4, 0.5) is 0 Å². The first kappa shape index (κ1) is 21.9. The van der Waals surface area contributed by atoms with Gasteiger partial charge in [0.05, 0.1) is 7.11 Å². The van der Waals surface area contributed by atoms with Crippen LogP contribution < -0.4 is 15.4 Å². The number of methoxy groups -OCH3 is 1. The number of aromatic nitrogens is 3. The fourth-order valence-corrected chi connectivity index (χ4v) is 2.92. The predicted molar refractivity (Wildman–Crippen MR) is 123 cm³/mol. The maximum absolute atomic E-state index is 5.38. The second kappa shape index (κ2) is 10.8. The van der Waals surface area contributed by atoms with Crippen molar-refractivity contribution in [3.8, 4) is 5.75 Å². The van der Waals surface area contributed by atoms with Crippen LogP contribution in [0.3, 0.4) is 0 Å². The molecule has 2 heterocycles. The van der Waals surface area contributed by atoms with Gasteiger partial charge >= 0.3 is 0 Å². The van der Waals surface area contributed by atoms with Crippen molar-refractivity contribution in [1.82, 2.24) is 25.2 Å². The van der Waals surface area contributed by atoms with Crippen molar-refractivity contribution in [1.29, 1.82) is 0 Å². The van der Waals surface area contributed by atoms with Crippen molar-refractivity contribution >= 4 is 35.6 Å². The number of rotatable bonds is 7. The molecule has 8 heteroatoms. The van der Waals surface area contributed by atoms with E-state index < -0.39 is 0 Å². The Morgan fingerprint density at radius 3 is 2.64 bits per heavy atom. The second-order valence-corrected chi connectivity index (χ2v) is 6.27. The number of nitrogens with one attached hydrogen (secondary N) is 2. The van der Waals surface area contributed by atoms with Crippen LogP contribution in [0.25, 0.3) is 5.65 Å². The number of guanidine groups is 1. The van der Waals surface area contributed by atoms with Crippen molar-refractivity contribution in [2.45, 2.75) is 19.8 Å². The van der Waals surface area contributed by atoms with Gasteiger partial charge in [0.25, 0.3) is 0 Å². The maximum atomic E-state index is 5.38. The third kappa shape index (κ3) is 5.57.